The molecule has 0 radical (unpaired) electrons. The van der Waals surface area contributed by atoms with Crippen LogP contribution in [-0.4, -0.2) is 50.4 Å². The number of piperidine rings is 1. The van der Waals surface area contributed by atoms with Gasteiger partial charge in [-0.3, -0.25) is 4.79 Å². The lowest BCUT2D eigenvalue weighted by molar-refractivity contribution is -0.134. The van der Waals surface area contributed by atoms with Crippen molar-refractivity contribution in [2.75, 3.05) is 25.4 Å². The topological polar surface area (TPSA) is 107 Å². The molecule has 3 heterocycles. The summed E-state index contributed by atoms with van der Waals surface area (Å²) in [7, 11) is 0. The van der Waals surface area contributed by atoms with Crippen molar-refractivity contribution in [2.45, 2.75) is 18.8 Å². The number of benzene rings is 1. The predicted octanol–water partition coefficient (Wildman–Crippen LogP) is 1.79. The molecule has 1 amide bonds. The molecule has 1 aliphatic rings. The number of rotatable bonds is 4. The van der Waals surface area contributed by atoms with Gasteiger partial charge >= 0.3 is 0 Å². The first-order valence-electron chi connectivity index (χ1n) is 8.89. The molecule has 1 aliphatic heterocycles. The third kappa shape index (κ3) is 3.79. The van der Waals surface area contributed by atoms with Crippen LogP contribution in [0.1, 0.15) is 24.5 Å². The van der Waals surface area contributed by atoms with Gasteiger partial charge < -0.3 is 15.4 Å². The number of fused-ring (bicyclic) bond motifs is 1. The number of aromatic nitrogens is 4. The molecule has 138 valence electrons. The van der Waals surface area contributed by atoms with Crippen LogP contribution in [0.2, 0.25) is 0 Å². The molecule has 0 spiro atoms. The quantitative estimate of drug-likeness (QED) is 0.752. The monoisotopic (exact) mass is 364 g/mol. The summed E-state index contributed by atoms with van der Waals surface area (Å²) in [6.07, 6.45) is 4.81. The lowest BCUT2D eigenvalue weighted by atomic mass is 9.93. The van der Waals surface area contributed by atoms with Crippen molar-refractivity contribution in [2.24, 2.45) is 0 Å². The molecule has 8 nitrogen and oxygen atoms in total. The number of nitrogen functional groups attached to an aromatic ring is 1. The first-order chi connectivity index (χ1) is 13.2. The Balaban J connectivity index is 1.34. The van der Waals surface area contributed by atoms with Crippen LogP contribution in [0.25, 0.3) is 10.9 Å². The molecule has 2 aromatic heterocycles. The summed E-state index contributed by atoms with van der Waals surface area (Å²) in [6.45, 7) is 1.30. The van der Waals surface area contributed by atoms with Crippen LogP contribution in [-0.2, 0) is 4.79 Å². The Morgan fingerprint density at radius 1 is 1.15 bits per heavy atom. The fourth-order valence-corrected chi connectivity index (χ4v) is 3.36. The van der Waals surface area contributed by atoms with E-state index in [1.165, 1.54) is 6.33 Å². The number of amides is 1. The normalized spacial score (nSPS) is 15.0. The van der Waals surface area contributed by atoms with Crippen molar-refractivity contribution in [1.82, 2.24) is 24.8 Å². The molecule has 1 aromatic carbocycles. The van der Waals surface area contributed by atoms with Crippen LogP contribution in [0.3, 0.4) is 0 Å². The molecular weight excluding hydrogens is 344 g/mol. The van der Waals surface area contributed by atoms with E-state index in [1.807, 2.05) is 35.2 Å². The molecule has 0 saturated carbocycles. The van der Waals surface area contributed by atoms with E-state index in [2.05, 4.69) is 19.9 Å². The van der Waals surface area contributed by atoms with E-state index in [-0.39, 0.29) is 18.5 Å². The molecule has 0 unspecified atom stereocenters. The van der Waals surface area contributed by atoms with Crippen LogP contribution in [0.5, 0.6) is 5.88 Å². The molecule has 4 rings (SSSR count). The molecule has 3 aromatic rings. The minimum atomic E-state index is -0.0432. The molecule has 1 fully saturated rings. The van der Waals surface area contributed by atoms with Crippen LogP contribution in [0, 0.1) is 0 Å². The maximum Gasteiger partial charge on any atom is 0.260 e. The Morgan fingerprint density at radius 2 is 1.96 bits per heavy atom. The second-order valence-electron chi connectivity index (χ2n) is 6.48. The van der Waals surface area contributed by atoms with Gasteiger partial charge in [-0.15, -0.1) is 0 Å². The second-order valence-corrected chi connectivity index (χ2v) is 6.48. The van der Waals surface area contributed by atoms with Crippen molar-refractivity contribution < 1.29 is 9.53 Å². The van der Waals surface area contributed by atoms with Gasteiger partial charge in [-0.1, -0.05) is 12.1 Å². The molecule has 0 aliphatic carbocycles. The highest BCUT2D eigenvalue weighted by molar-refractivity contribution is 5.84. The predicted molar refractivity (Wildman–Crippen MR) is 100 cm³/mol. The smallest absolute Gasteiger partial charge is 0.260 e. The van der Waals surface area contributed by atoms with Crippen LogP contribution < -0.4 is 10.5 Å². The Kier molecular flexibility index (Phi) is 4.78. The number of nitrogens with two attached hydrogens (primary N) is 1. The molecule has 8 heteroatoms. The fraction of sp³-hybridized carbons (Fsp3) is 0.316. The van der Waals surface area contributed by atoms with Gasteiger partial charge in [-0.05, 0) is 31.0 Å². The zero-order valence-electron chi connectivity index (χ0n) is 14.8. The molecule has 0 bridgehead atoms. The third-order valence-corrected chi connectivity index (χ3v) is 4.80. The minimum absolute atomic E-state index is 0.0356. The highest BCUT2D eigenvalue weighted by Gasteiger charge is 2.25. The number of anilines is 1. The summed E-state index contributed by atoms with van der Waals surface area (Å²) >= 11 is 0. The summed E-state index contributed by atoms with van der Waals surface area (Å²) < 4.78 is 5.68. The fourth-order valence-electron chi connectivity index (χ4n) is 3.36. The average Bonchev–Trinajstić information content (AvgIpc) is 2.72. The van der Waals surface area contributed by atoms with Crippen molar-refractivity contribution in [1.29, 1.82) is 0 Å². The van der Waals surface area contributed by atoms with Crippen molar-refractivity contribution in [3.05, 3.63) is 48.5 Å². The molecule has 2 N–H and O–H groups in total. The van der Waals surface area contributed by atoms with Gasteiger partial charge in [-0.2, -0.15) is 0 Å². The summed E-state index contributed by atoms with van der Waals surface area (Å²) in [4.78, 5) is 30.9. The number of para-hydroxylation sites is 1. The summed E-state index contributed by atoms with van der Waals surface area (Å²) in [6, 6.07) is 9.46. The van der Waals surface area contributed by atoms with E-state index < -0.39 is 0 Å². The van der Waals surface area contributed by atoms with Crippen LogP contribution in [0.4, 0.5) is 5.95 Å². The average molecular weight is 364 g/mol. The second kappa shape index (κ2) is 7.53. The maximum absolute atomic E-state index is 12.5. The van der Waals surface area contributed by atoms with Gasteiger partial charge in [0.05, 0.1) is 10.9 Å². The van der Waals surface area contributed by atoms with Crippen molar-refractivity contribution in [3.8, 4) is 5.88 Å². The number of nitrogens with zero attached hydrogens (tertiary/aromatic N) is 5. The van der Waals surface area contributed by atoms with Crippen LogP contribution >= 0.6 is 0 Å². The molecule has 0 atom stereocenters. The number of hydrogen-bond acceptors (Lipinski definition) is 7. The number of ether oxygens (including phenoxy) is 1. The number of carbonyl (C=O) groups excluding carboxylic acids is 1. The lowest BCUT2D eigenvalue weighted by Gasteiger charge is -2.31. The molecular formula is C19H20N6O2. The minimum Gasteiger partial charge on any atom is -0.467 e. The number of hydrogen-bond donors (Lipinski definition) is 1. The Bertz CT molecular complexity index is 950. The third-order valence-electron chi connectivity index (χ3n) is 4.80. The Labute approximate surface area is 156 Å². The van der Waals surface area contributed by atoms with E-state index >= 15 is 0 Å². The zero-order valence-corrected chi connectivity index (χ0v) is 14.8. The Morgan fingerprint density at radius 3 is 2.78 bits per heavy atom. The summed E-state index contributed by atoms with van der Waals surface area (Å²) in [5, 5.41) is 0.799. The lowest BCUT2D eigenvalue weighted by Crippen LogP contribution is -2.40. The van der Waals surface area contributed by atoms with E-state index in [4.69, 9.17) is 10.5 Å². The van der Waals surface area contributed by atoms with Gasteiger partial charge in [0.15, 0.2) is 6.61 Å². The van der Waals surface area contributed by atoms with Gasteiger partial charge in [-0.25, -0.2) is 19.9 Å². The number of carbonyl (C=O) groups is 1. The van der Waals surface area contributed by atoms with E-state index in [0.29, 0.717) is 24.9 Å². The maximum atomic E-state index is 12.5. The Hall–Kier alpha value is -3.29. The van der Waals surface area contributed by atoms with E-state index in [1.54, 1.807) is 6.20 Å². The van der Waals surface area contributed by atoms with Crippen molar-refractivity contribution >= 4 is 22.8 Å². The van der Waals surface area contributed by atoms with Gasteiger partial charge in [0, 0.05) is 30.9 Å². The number of likely N-dealkylation sites (tertiary alicyclic amines) is 1. The van der Waals surface area contributed by atoms with Gasteiger partial charge in [0.25, 0.3) is 5.91 Å². The van der Waals surface area contributed by atoms with Crippen LogP contribution in [0.15, 0.2) is 42.9 Å². The van der Waals surface area contributed by atoms with Gasteiger partial charge in [0.2, 0.25) is 11.8 Å². The zero-order chi connectivity index (χ0) is 18.6. The first kappa shape index (κ1) is 17.1. The summed E-state index contributed by atoms with van der Waals surface area (Å²) in [5.41, 5.74) is 7.40. The highest BCUT2D eigenvalue weighted by Crippen LogP contribution is 2.27. The summed E-state index contributed by atoms with van der Waals surface area (Å²) in [5.74, 6) is 0.973. The van der Waals surface area contributed by atoms with E-state index in [9.17, 15) is 4.79 Å². The van der Waals surface area contributed by atoms with E-state index in [0.717, 1.165) is 29.4 Å². The largest absolute Gasteiger partial charge is 0.467 e. The van der Waals surface area contributed by atoms with Crippen molar-refractivity contribution in [3.63, 3.8) is 0 Å². The SMILES string of the molecule is Nc1nccc(C2CCN(C(=O)COc3ncnc4ccccc34)CC2)n1. The standard InChI is InChI=1S/C19H20N6O2/c20-19-21-8-5-15(24-19)13-6-9-25(10-7-13)17(26)11-27-18-14-3-1-2-4-16(14)22-12-23-18/h1-5,8,12-13H,6-7,9-11H2,(H2,20,21,24). The molecule has 1 saturated heterocycles. The van der Waals surface area contributed by atoms with Gasteiger partial charge in [0.1, 0.15) is 6.33 Å². The molecule has 27 heavy (non-hydrogen) atoms. The highest BCUT2D eigenvalue weighted by atomic mass is 16.5. The first-order valence-corrected chi connectivity index (χ1v) is 8.89.